The van der Waals surface area contributed by atoms with Crippen LogP contribution < -0.4 is 5.32 Å². The molecule has 1 fully saturated rings. The summed E-state index contributed by atoms with van der Waals surface area (Å²) in [6.45, 7) is 4.81. The summed E-state index contributed by atoms with van der Waals surface area (Å²) in [5.74, 6) is 0.691. The van der Waals surface area contributed by atoms with Gasteiger partial charge in [0.05, 0.1) is 18.8 Å². The molecule has 14 heavy (non-hydrogen) atoms. The van der Waals surface area contributed by atoms with Gasteiger partial charge in [-0.3, -0.25) is 0 Å². The molecule has 0 saturated carbocycles. The summed E-state index contributed by atoms with van der Waals surface area (Å²) in [5.41, 5.74) is 0. The lowest BCUT2D eigenvalue weighted by Crippen LogP contribution is -2.34. The standard InChI is InChI=1S/C8H15N5O/c1-5-3-7(6(2)14-5)9-4-8-10-12-13-11-8/h5-7,9H,3-4H2,1-2H3,(H,10,11,12,13). The minimum absolute atomic E-state index is 0.261. The molecule has 3 atom stereocenters. The first-order valence-corrected chi connectivity index (χ1v) is 4.87. The summed E-state index contributed by atoms with van der Waals surface area (Å²) >= 11 is 0. The van der Waals surface area contributed by atoms with Gasteiger partial charge in [0.15, 0.2) is 5.82 Å². The van der Waals surface area contributed by atoms with E-state index in [0.29, 0.717) is 24.5 Å². The van der Waals surface area contributed by atoms with Gasteiger partial charge in [0.25, 0.3) is 0 Å². The van der Waals surface area contributed by atoms with Crippen LogP contribution in [0, 0.1) is 0 Å². The number of hydrogen-bond donors (Lipinski definition) is 2. The molecule has 78 valence electrons. The van der Waals surface area contributed by atoms with Crippen molar-refractivity contribution in [3.05, 3.63) is 5.82 Å². The third kappa shape index (κ3) is 2.08. The van der Waals surface area contributed by atoms with Crippen molar-refractivity contribution < 1.29 is 4.74 Å². The molecule has 2 N–H and O–H groups in total. The molecule has 0 radical (unpaired) electrons. The summed E-state index contributed by atoms with van der Waals surface area (Å²) in [5, 5.41) is 17.0. The molecule has 2 heterocycles. The van der Waals surface area contributed by atoms with Gasteiger partial charge >= 0.3 is 0 Å². The van der Waals surface area contributed by atoms with E-state index in [9.17, 15) is 0 Å². The van der Waals surface area contributed by atoms with E-state index in [0.717, 1.165) is 6.42 Å². The van der Waals surface area contributed by atoms with E-state index in [2.05, 4.69) is 39.8 Å². The molecule has 3 unspecified atom stereocenters. The van der Waals surface area contributed by atoms with Crippen LogP contribution in [0.2, 0.25) is 0 Å². The lowest BCUT2D eigenvalue weighted by molar-refractivity contribution is 0.0604. The van der Waals surface area contributed by atoms with E-state index in [1.165, 1.54) is 0 Å². The number of hydrogen-bond acceptors (Lipinski definition) is 5. The van der Waals surface area contributed by atoms with Crippen molar-refractivity contribution in [2.45, 2.75) is 45.1 Å². The molecular formula is C8H15N5O. The first-order valence-electron chi connectivity index (χ1n) is 4.87. The van der Waals surface area contributed by atoms with Gasteiger partial charge in [-0.2, -0.15) is 5.21 Å². The predicted octanol–water partition coefficient (Wildman–Crippen LogP) is -0.145. The van der Waals surface area contributed by atoms with Gasteiger partial charge in [0.2, 0.25) is 0 Å². The highest BCUT2D eigenvalue weighted by Gasteiger charge is 2.28. The number of nitrogens with one attached hydrogen (secondary N) is 2. The second-order valence-electron chi connectivity index (χ2n) is 3.70. The fourth-order valence-corrected chi connectivity index (χ4v) is 1.80. The topological polar surface area (TPSA) is 75.7 Å². The summed E-state index contributed by atoms with van der Waals surface area (Å²) < 4.78 is 5.62. The molecule has 0 amide bonds. The van der Waals surface area contributed by atoms with Crippen LogP contribution in [0.4, 0.5) is 0 Å². The Morgan fingerprint density at radius 2 is 2.43 bits per heavy atom. The lowest BCUT2D eigenvalue weighted by Gasteiger charge is -2.13. The Morgan fingerprint density at radius 3 is 3.00 bits per heavy atom. The Hall–Kier alpha value is -1.01. The van der Waals surface area contributed by atoms with Crippen LogP contribution in [0.1, 0.15) is 26.1 Å². The van der Waals surface area contributed by atoms with Crippen LogP contribution >= 0.6 is 0 Å². The van der Waals surface area contributed by atoms with Crippen LogP contribution in [0.15, 0.2) is 0 Å². The van der Waals surface area contributed by atoms with Crippen LogP contribution in [0.25, 0.3) is 0 Å². The number of nitrogens with zero attached hydrogens (tertiary/aromatic N) is 3. The highest BCUT2D eigenvalue weighted by molar-refractivity contribution is 4.85. The van der Waals surface area contributed by atoms with Crippen molar-refractivity contribution in [3.8, 4) is 0 Å². The molecule has 2 rings (SSSR count). The molecule has 0 aliphatic carbocycles. The number of tetrazole rings is 1. The molecule has 1 aliphatic heterocycles. The zero-order chi connectivity index (χ0) is 9.97. The number of rotatable bonds is 3. The maximum Gasteiger partial charge on any atom is 0.188 e. The molecule has 1 saturated heterocycles. The van der Waals surface area contributed by atoms with Gasteiger partial charge < -0.3 is 10.1 Å². The van der Waals surface area contributed by atoms with Crippen molar-refractivity contribution >= 4 is 0 Å². The Morgan fingerprint density at radius 1 is 1.57 bits per heavy atom. The van der Waals surface area contributed by atoms with Crippen LogP contribution in [0.3, 0.4) is 0 Å². The van der Waals surface area contributed by atoms with Gasteiger partial charge in [0.1, 0.15) is 0 Å². The highest BCUT2D eigenvalue weighted by Crippen LogP contribution is 2.19. The van der Waals surface area contributed by atoms with E-state index in [4.69, 9.17) is 4.74 Å². The summed E-state index contributed by atoms with van der Waals surface area (Å²) in [4.78, 5) is 0. The van der Waals surface area contributed by atoms with E-state index < -0.39 is 0 Å². The van der Waals surface area contributed by atoms with Crippen molar-refractivity contribution in [2.75, 3.05) is 0 Å². The maximum atomic E-state index is 5.62. The van der Waals surface area contributed by atoms with E-state index >= 15 is 0 Å². The maximum absolute atomic E-state index is 5.62. The summed E-state index contributed by atoms with van der Waals surface area (Å²) in [6.07, 6.45) is 1.64. The Balaban J connectivity index is 1.81. The Bertz CT molecular complexity index is 275. The van der Waals surface area contributed by atoms with Gasteiger partial charge in [-0.1, -0.05) is 5.21 Å². The molecule has 1 aromatic rings. The minimum Gasteiger partial charge on any atom is -0.374 e. The molecule has 1 aromatic heterocycles. The first-order chi connectivity index (χ1) is 6.75. The second kappa shape index (κ2) is 4.02. The van der Waals surface area contributed by atoms with Crippen molar-refractivity contribution in [1.82, 2.24) is 25.9 Å². The van der Waals surface area contributed by atoms with Crippen LogP contribution in [-0.2, 0) is 11.3 Å². The molecular weight excluding hydrogens is 182 g/mol. The van der Waals surface area contributed by atoms with Crippen molar-refractivity contribution in [2.24, 2.45) is 0 Å². The fraction of sp³-hybridized carbons (Fsp3) is 0.875. The summed E-state index contributed by atoms with van der Waals surface area (Å²) in [6, 6.07) is 0.392. The molecule has 6 nitrogen and oxygen atoms in total. The summed E-state index contributed by atoms with van der Waals surface area (Å²) in [7, 11) is 0. The number of ether oxygens (including phenoxy) is 1. The Kier molecular flexibility index (Phi) is 2.74. The van der Waals surface area contributed by atoms with Gasteiger partial charge in [0, 0.05) is 6.04 Å². The largest absolute Gasteiger partial charge is 0.374 e. The smallest absolute Gasteiger partial charge is 0.188 e. The van der Waals surface area contributed by atoms with Crippen LogP contribution in [0.5, 0.6) is 0 Å². The van der Waals surface area contributed by atoms with E-state index in [-0.39, 0.29) is 6.10 Å². The average Bonchev–Trinajstić information content (AvgIpc) is 2.72. The molecule has 0 spiro atoms. The highest BCUT2D eigenvalue weighted by atomic mass is 16.5. The van der Waals surface area contributed by atoms with Gasteiger partial charge in [-0.05, 0) is 20.3 Å². The Labute approximate surface area is 82.4 Å². The third-order valence-corrected chi connectivity index (χ3v) is 2.51. The van der Waals surface area contributed by atoms with Gasteiger partial charge in [-0.15, -0.1) is 10.2 Å². The quantitative estimate of drug-likeness (QED) is 0.705. The van der Waals surface area contributed by atoms with E-state index in [1.807, 2.05) is 0 Å². The zero-order valence-corrected chi connectivity index (χ0v) is 8.40. The van der Waals surface area contributed by atoms with Crippen molar-refractivity contribution in [1.29, 1.82) is 0 Å². The first kappa shape index (κ1) is 9.54. The minimum atomic E-state index is 0.261. The second-order valence-corrected chi connectivity index (χ2v) is 3.70. The SMILES string of the molecule is CC1CC(NCc2nn[nH]n2)C(C)O1. The number of H-pyrrole nitrogens is 1. The molecule has 0 bridgehead atoms. The normalized spacial score (nSPS) is 32.3. The zero-order valence-electron chi connectivity index (χ0n) is 8.40. The molecule has 1 aliphatic rings. The average molecular weight is 197 g/mol. The lowest BCUT2D eigenvalue weighted by atomic mass is 10.1. The molecule has 6 heteroatoms. The molecule has 0 aromatic carbocycles. The van der Waals surface area contributed by atoms with Crippen molar-refractivity contribution in [3.63, 3.8) is 0 Å². The van der Waals surface area contributed by atoms with Crippen LogP contribution in [-0.4, -0.2) is 38.9 Å². The number of aromatic nitrogens is 4. The van der Waals surface area contributed by atoms with Gasteiger partial charge in [-0.25, -0.2) is 0 Å². The predicted molar refractivity (Wildman–Crippen MR) is 49.4 cm³/mol. The third-order valence-electron chi connectivity index (χ3n) is 2.51. The monoisotopic (exact) mass is 197 g/mol. The number of aromatic amines is 1. The van der Waals surface area contributed by atoms with E-state index in [1.54, 1.807) is 0 Å². The fourth-order valence-electron chi connectivity index (χ4n) is 1.80.